The number of carbonyl (C=O) groups excluding carboxylic acids is 1. The number of carbonyl (C=O) groups is 2. The highest BCUT2D eigenvalue weighted by Gasteiger charge is 2.41. The first-order valence-corrected chi connectivity index (χ1v) is 7.41. The van der Waals surface area contributed by atoms with Crippen molar-refractivity contribution in [3.8, 4) is 0 Å². The molecule has 19 heavy (non-hydrogen) atoms. The molecule has 0 spiro atoms. The third-order valence-electron chi connectivity index (χ3n) is 4.98. The zero-order valence-electron chi connectivity index (χ0n) is 11.3. The zero-order valence-corrected chi connectivity index (χ0v) is 11.3. The second kappa shape index (κ2) is 5.12. The average molecular weight is 266 g/mol. The number of hydrogen-bond donors (Lipinski definition) is 1. The van der Waals surface area contributed by atoms with Crippen LogP contribution in [0.5, 0.6) is 0 Å². The summed E-state index contributed by atoms with van der Waals surface area (Å²) in [4.78, 5) is 27.3. The number of carboxylic acid groups (broad SMARTS) is 1. The molecule has 1 amide bonds. The maximum Gasteiger partial charge on any atom is 0.308 e. The SMILES string of the molecule is O=C(O)C1CC(=O)N(C2CCN(C3CCCC3)C2)C1. The summed E-state index contributed by atoms with van der Waals surface area (Å²) in [6.45, 7) is 2.43. The van der Waals surface area contributed by atoms with Crippen LogP contribution in [0.2, 0.25) is 0 Å². The van der Waals surface area contributed by atoms with Gasteiger partial charge < -0.3 is 10.0 Å². The van der Waals surface area contributed by atoms with Crippen LogP contribution >= 0.6 is 0 Å². The Morgan fingerprint density at radius 1 is 1.11 bits per heavy atom. The number of likely N-dealkylation sites (tertiary alicyclic amines) is 2. The Labute approximate surface area is 113 Å². The number of nitrogens with zero attached hydrogens (tertiary/aromatic N) is 2. The minimum Gasteiger partial charge on any atom is -0.481 e. The Morgan fingerprint density at radius 2 is 1.84 bits per heavy atom. The molecule has 2 unspecified atom stereocenters. The van der Waals surface area contributed by atoms with Crippen molar-refractivity contribution in [1.29, 1.82) is 0 Å². The lowest BCUT2D eigenvalue weighted by Crippen LogP contribution is -2.40. The lowest BCUT2D eigenvalue weighted by atomic mass is 10.1. The van der Waals surface area contributed by atoms with Gasteiger partial charge >= 0.3 is 5.97 Å². The van der Waals surface area contributed by atoms with Crippen molar-refractivity contribution >= 4 is 11.9 Å². The van der Waals surface area contributed by atoms with E-state index in [1.807, 2.05) is 4.90 Å². The van der Waals surface area contributed by atoms with Crippen LogP contribution < -0.4 is 0 Å². The summed E-state index contributed by atoms with van der Waals surface area (Å²) >= 11 is 0. The summed E-state index contributed by atoms with van der Waals surface area (Å²) in [5.41, 5.74) is 0. The summed E-state index contributed by atoms with van der Waals surface area (Å²) in [6, 6.07) is 0.954. The van der Waals surface area contributed by atoms with Gasteiger partial charge in [-0.25, -0.2) is 0 Å². The second-order valence-corrected chi connectivity index (χ2v) is 6.16. The summed E-state index contributed by atoms with van der Waals surface area (Å²) in [5, 5.41) is 9.03. The summed E-state index contributed by atoms with van der Waals surface area (Å²) in [6.07, 6.45) is 6.44. The van der Waals surface area contributed by atoms with E-state index in [0.717, 1.165) is 19.5 Å². The number of amides is 1. The predicted octanol–water partition coefficient (Wildman–Crippen LogP) is 0.936. The maximum atomic E-state index is 11.9. The molecule has 5 nitrogen and oxygen atoms in total. The molecule has 1 aliphatic carbocycles. The van der Waals surface area contributed by atoms with E-state index in [-0.39, 0.29) is 18.4 Å². The van der Waals surface area contributed by atoms with E-state index >= 15 is 0 Å². The third kappa shape index (κ3) is 2.48. The second-order valence-electron chi connectivity index (χ2n) is 6.16. The topological polar surface area (TPSA) is 60.9 Å². The fourth-order valence-electron chi connectivity index (χ4n) is 3.87. The number of carboxylic acids is 1. The first-order chi connectivity index (χ1) is 9.15. The third-order valence-corrected chi connectivity index (χ3v) is 4.98. The summed E-state index contributed by atoms with van der Waals surface area (Å²) < 4.78 is 0. The van der Waals surface area contributed by atoms with Crippen LogP contribution in [0.15, 0.2) is 0 Å². The van der Waals surface area contributed by atoms with Gasteiger partial charge in [0.2, 0.25) is 5.91 Å². The molecule has 0 radical (unpaired) electrons. The molecule has 1 N–H and O–H groups in total. The van der Waals surface area contributed by atoms with Gasteiger partial charge in [-0.15, -0.1) is 0 Å². The summed E-state index contributed by atoms with van der Waals surface area (Å²) in [7, 11) is 0. The van der Waals surface area contributed by atoms with Gasteiger partial charge in [-0.05, 0) is 19.3 Å². The van der Waals surface area contributed by atoms with E-state index in [4.69, 9.17) is 5.11 Å². The minimum atomic E-state index is -0.832. The molecule has 3 aliphatic rings. The highest BCUT2D eigenvalue weighted by molar-refractivity contribution is 5.86. The molecular weight excluding hydrogens is 244 g/mol. The Balaban J connectivity index is 1.58. The molecule has 2 atom stereocenters. The Morgan fingerprint density at radius 3 is 2.47 bits per heavy atom. The van der Waals surface area contributed by atoms with Crippen LogP contribution in [0, 0.1) is 5.92 Å². The van der Waals surface area contributed by atoms with Crippen molar-refractivity contribution in [3.05, 3.63) is 0 Å². The highest BCUT2D eigenvalue weighted by Crippen LogP contribution is 2.30. The van der Waals surface area contributed by atoms with E-state index in [1.54, 1.807) is 0 Å². The van der Waals surface area contributed by atoms with Crippen LogP contribution in [-0.4, -0.2) is 58.5 Å². The molecule has 106 valence electrons. The van der Waals surface area contributed by atoms with Crippen molar-refractivity contribution in [1.82, 2.24) is 9.80 Å². The van der Waals surface area contributed by atoms with Gasteiger partial charge in [0.1, 0.15) is 0 Å². The average Bonchev–Trinajstić information content (AvgIpc) is 3.07. The fraction of sp³-hybridized carbons (Fsp3) is 0.857. The van der Waals surface area contributed by atoms with Gasteiger partial charge in [-0.3, -0.25) is 14.5 Å². The lowest BCUT2D eigenvalue weighted by molar-refractivity contribution is -0.141. The van der Waals surface area contributed by atoms with Crippen molar-refractivity contribution in [2.75, 3.05) is 19.6 Å². The summed E-state index contributed by atoms with van der Waals surface area (Å²) in [5.74, 6) is -1.29. The van der Waals surface area contributed by atoms with Gasteiger partial charge in [0.15, 0.2) is 0 Å². The largest absolute Gasteiger partial charge is 0.481 e. The predicted molar refractivity (Wildman–Crippen MR) is 69.7 cm³/mol. The van der Waals surface area contributed by atoms with Crippen LogP contribution in [0.25, 0.3) is 0 Å². The molecule has 1 saturated carbocycles. The molecule has 2 aliphatic heterocycles. The van der Waals surface area contributed by atoms with Crippen LogP contribution in [0.1, 0.15) is 38.5 Å². The maximum absolute atomic E-state index is 11.9. The van der Waals surface area contributed by atoms with Gasteiger partial charge in [0.25, 0.3) is 0 Å². The van der Waals surface area contributed by atoms with Gasteiger partial charge in [-0.2, -0.15) is 0 Å². The quantitative estimate of drug-likeness (QED) is 0.825. The lowest BCUT2D eigenvalue weighted by Gasteiger charge is -2.27. The van der Waals surface area contributed by atoms with E-state index in [2.05, 4.69) is 4.90 Å². The number of hydrogen-bond acceptors (Lipinski definition) is 3. The van der Waals surface area contributed by atoms with Crippen LogP contribution in [0.4, 0.5) is 0 Å². The van der Waals surface area contributed by atoms with Crippen molar-refractivity contribution in [3.63, 3.8) is 0 Å². The molecule has 0 bridgehead atoms. The minimum absolute atomic E-state index is 0.0330. The first kappa shape index (κ1) is 12.9. The van der Waals surface area contributed by atoms with E-state index in [0.29, 0.717) is 12.6 Å². The molecular formula is C14H22N2O3. The molecule has 3 rings (SSSR count). The van der Waals surface area contributed by atoms with Crippen LogP contribution in [-0.2, 0) is 9.59 Å². The van der Waals surface area contributed by atoms with E-state index in [1.165, 1.54) is 25.7 Å². The highest BCUT2D eigenvalue weighted by atomic mass is 16.4. The molecule has 0 aromatic heterocycles. The Hall–Kier alpha value is -1.10. The monoisotopic (exact) mass is 266 g/mol. The number of aliphatic carboxylic acids is 1. The molecule has 0 aromatic carbocycles. The first-order valence-electron chi connectivity index (χ1n) is 7.41. The van der Waals surface area contributed by atoms with Gasteiger partial charge in [0.05, 0.1) is 5.92 Å². The molecule has 2 heterocycles. The van der Waals surface area contributed by atoms with Crippen LogP contribution in [0.3, 0.4) is 0 Å². The van der Waals surface area contributed by atoms with E-state index in [9.17, 15) is 9.59 Å². The molecule has 5 heteroatoms. The molecule has 2 saturated heterocycles. The Kier molecular flexibility index (Phi) is 3.48. The van der Waals surface area contributed by atoms with Crippen molar-refractivity contribution < 1.29 is 14.7 Å². The molecule has 0 aromatic rings. The van der Waals surface area contributed by atoms with E-state index < -0.39 is 11.9 Å². The van der Waals surface area contributed by atoms with Gasteiger partial charge in [-0.1, -0.05) is 12.8 Å². The normalized spacial score (nSPS) is 33.5. The zero-order chi connectivity index (χ0) is 13.4. The Bertz CT molecular complexity index is 379. The van der Waals surface area contributed by atoms with Gasteiger partial charge in [0, 0.05) is 38.1 Å². The standard InChI is InChI=1S/C14H22N2O3/c17-13-7-10(14(18)19)8-16(13)12-5-6-15(9-12)11-3-1-2-4-11/h10-12H,1-9H2,(H,18,19). The molecule has 3 fully saturated rings. The number of rotatable bonds is 3. The van der Waals surface area contributed by atoms with Crippen molar-refractivity contribution in [2.45, 2.75) is 50.6 Å². The smallest absolute Gasteiger partial charge is 0.308 e. The van der Waals surface area contributed by atoms with Crippen molar-refractivity contribution in [2.24, 2.45) is 5.92 Å². The fourth-order valence-corrected chi connectivity index (χ4v) is 3.87.